The summed E-state index contributed by atoms with van der Waals surface area (Å²) in [7, 11) is -3.32. The van der Waals surface area contributed by atoms with Crippen molar-refractivity contribution in [2.75, 3.05) is 43.9 Å². The normalized spacial score (nSPS) is 24.3. The second-order valence-corrected chi connectivity index (χ2v) is 9.35. The van der Waals surface area contributed by atoms with Crippen LogP contribution < -0.4 is 4.90 Å². The number of piperazine rings is 1. The standard InChI is InChI=1S/C19H27N3O4S/c1-27(23,24)25-12-4-5-15-8-9-16-14-22(11-10-21(16)13-15)19-17-6-2-3-7-18(17)26-20-19/h2-3,6-7,15-16H,4-5,8-14H2,1H3/t15-,16-/m0/s1. The minimum Gasteiger partial charge on any atom is -0.354 e. The van der Waals surface area contributed by atoms with Crippen LogP contribution in [0.2, 0.25) is 0 Å². The van der Waals surface area contributed by atoms with Crippen LogP contribution >= 0.6 is 0 Å². The molecule has 0 spiro atoms. The molecule has 4 rings (SSSR count). The van der Waals surface area contributed by atoms with Gasteiger partial charge in [0, 0.05) is 32.2 Å². The van der Waals surface area contributed by atoms with E-state index >= 15 is 0 Å². The lowest BCUT2D eigenvalue weighted by atomic mass is 9.88. The molecule has 2 aliphatic rings. The summed E-state index contributed by atoms with van der Waals surface area (Å²) in [4.78, 5) is 4.94. The molecule has 8 heteroatoms. The van der Waals surface area contributed by atoms with Crippen LogP contribution in [0.15, 0.2) is 28.8 Å². The van der Waals surface area contributed by atoms with E-state index in [1.165, 1.54) is 12.8 Å². The highest BCUT2D eigenvalue weighted by Crippen LogP contribution is 2.32. The van der Waals surface area contributed by atoms with Crippen molar-refractivity contribution in [1.29, 1.82) is 0 Å². The maximum absolute atomic E-state index is 11.0. The van der Waals surface area contributed by atoms with Gasteiger partial charge in [-0.15, -0.1) is 0 Å². The summed E-state index contributed by atoms with van der Waals surface area (Å²) >= 11 is 0. The zero-order chi connectivity index (χ0) is 18.9. The summed E-state index contributed by atoms with van der Waals surface area (Å²) < 4.78 is 32.4. The Morgan fingerprint density at radius 3 is 2.93 bits per heavy atom. The highest BCUT2D eigenvalue weighted by molar-refractivity contribution is 7.85. The number of hydrogen-bond donors (Lipinski definition) is 0. The zero-order valence-electron chi connectivity index (χ0n) is 15.7. The van der Waals surface area contributed by atoms with Gasteiger partial charge in [-0.25, -0.2) is 0 Å². The first kappa shape index (κ1) is 18.7. The van der Waals surface area contributed by atoms with Gasteiger partial charge in [0.2, 0.25) is 0 Å². The average molecular weight is 394 g/mol. The minimum atomic E-state index is -3.32. The largest absolute Gasteiger partial charge is 0.354 e. The second kappa shape index (κ2) is 7.77. The van der Waals surface area contributed by atoms with Gasteiger partial charge in [0.05, 0.1) is 18.2 Å². The summed E-state index contributed by atoms with van der Waals surface area (Å²) in [6.07, 6.45) is 5.29. The third-order valence-electron chi connectivity index (χ3n) is 5.72. The highest BCUT2D eigenvalue weighted by atomic mass is 32.2. The van der Waals surface area contributed by atoms with Crippen molar-refractivity contribution in [2.45, 2.75) is 31.7 Å². The molecule has 2 saturated heterocycles. The Morgan fingerprint density at radius 1 is 1.22 bits per heavy atom. The van der Waals surface area contributed by atoms with Crippen molar-refractivity contribution in [2.24, 2.45) is 5.92 Å². The van der Waals surface area contributed by atoms with E-state index in [1.54, 1.807) is 0 Å². The first-order chi connectivity index (χ1) is 13.0. The van der Waals surface area contributed by atoms with Crippen molar-refractivity contribution in [3.8, 4) is 0 Å². The molecular formula is C19H27N3O4S. The molecule has 3 heterocycles. The quantitative estimate of drug-likeness (QED) is 0.551. The lowest BCUT2D eigenvalue weighted by Crippen LogP contribution is -2.56. The summed E-state index contributed by atoms with van der Waals surface area (Å²) in [5.41, 5.74) is 0.843. The first-order valence-corrected chi connectivity index (χ1v) is 11.5. The maximum atomic E-state index is 11.0. The third-order valence-corrected chi connectivity index (χ3v) is 6.31. The average Bonchev–Trinajstić information content (AvgIpc) is 3.08. The molecular weight excluding hydrogens is 366 g/mol. The van der Waals surface area contributed by atoms with Gasteiger partial charge in [-0.2, -0.15) is 8.42 Å². The Morgan fingerprint density at radius 2 is 2.07 bits per heavy atom. The molecule has 2 fully saturated rings. The predicted octanol–water partition coefficient (Wildman–Crippen LogP) is 2.48. The second-order valence-electron chi connectivity index (χ2n) is 7.71. The first-order valence-electron chi connectivity index (χ1n) is 9.67. The molecule has 0 radical (unpaired) electrons. The molecule has 1 aromatic carbocycles. The van der Waals surface area contributed by atoms with Crippen LogP contribution in [-0.2, 0) is 14.3 Å². The van der Waals surface area contributed by atoms with Gasteiger partial charge in [0.25, 0.3) is 10.1 Å². The van der Waals surface area contributed by atoms with Gasteiger partial charge in [-0.3, -0.25) is 9.08 Å². The summed E-state index contributed by atoms with van der Waals surface area (Å²) in [6, 6.07) is 8.58. The van der Waals surface area contributed by atoms with E-state index in [0.717, 1.165) is 62.1 Å². The highest BCUT2D eigenvalue weighted by Gasteiger charge is 2.34. The van der Waals surface area contributed by atoms with Crippen molar-refractivity contribution in [3.05, 3.63) is 24.3 Å². The monoisotopic (exact) mass is 393 g/mol. The Bertz CT molecular complexity index is 882. The molecule has 0 amide bonds. The van der Waals surface area contributed by atoms with E-state index in [1.807, 2.05) is 18.2 Å². The molecule has 27 heavy (non-hydrogen) atoms. The van der Waals surface area contributed by atoms with Crippen LogP contribution in [0, 0.1) is 5.92 Å². The summed E-state index contributed by atoms with van der Waals surface area (Å²) in [5.74, 6) is 1.59. The van der Waals surface area contributed by atoms with Crippen molar-refractivity contribution < 1.29 is 17.1 Å². The van der Waals surface area contributed by atoms with Crippen LogP contribution in [0.4, 0.5) is 5.82 Å². The Balaban J connectivity index is 1.30. The number of hydrogen-bond acceptors (Lipinski definition) is 7. The fourth-order valence-electron chi connectivity index (χ4n) is 4.37. The molecule has 0 N–H and O–H groups in total. The van der Waals surface area contributed by atoms with Gasteiger partial charge >= 0.3 is 0 Å². The van der Waals surface area contributed by atoms with E-state index in [9.17, 15) is 8.42 Å². The molecule has 148 valence electrons. The van der Waals surface area contributed by atoms with Gasteiger partial charge in [0.15, 0.2) is 11.4 Å². The fraction of sp³-hybridized carbons (Fsp3) is 0.632. The minimum absolute atomic E-state index is 0.297. The molecule has 2 atom stereocenters. The molecule has 2 aliphatic heterocycles. The molecule has 0 saturated carbocycles. The molecule has 0 aliphatic carbocycles. The molecule has 0 unspecified atom stereocenters. The van der Waals surface area contributed by atoms with Gasteiger partial charge in [-0.05, 0) is 43.7 Å². The lowest BCUT2D eigenvalue weighted by Gasteiger charge is -2.46. The van der Waals surface area contributed by atoms with Gasteiger partial charge in [0.1, 0.15) is 0 Å². The Hall–Kier alpha value is -1.64. The number of nitrogens with zero attached hydrogens (tertiary/aromatic N) is 3. The Labute approximate surface area is 160 Å². The third kappa shape index (κ3) is 4.44. The number of para-hydroxylation sites is 1. The number of anilines is 1. The van der Waals surface area contributed by atoms with E-state index < -0.39 is 10.1 Å². The number of piperidine rings is 1. The van der Waals surface area contributed by atoms with Crippen LogP contribution in [0.5, 0.6) is 0 Å². The van der Waals surface area contributed by atoms with Crippen molar-refractivity contribution >= 4 is 26.9 Å². The number of benzene rings is 1. The van der Waals surface area contributed by atoms with Crippen molar-refractivity contribution in [1.82, 2.24) is 10.1 Å². The SMILES string of the molecule is CS(=O)(=O)OCCC[C@H]1CC[C@H]2CN(c3noc4ccccc34)CCN2C1. The lowest BCUT2D eigenvalue weighted by molar-refractivity contribution is 0.0893. The predicted molar refractivity (Wildman–Crippen MR) is 104 cm³/mol. The van der Waals surface area contributed by atoms with E-state index in [-0.39, 0.29) is 0 Å². The van der Waals surface area contributed by atoms with E-state index in [0.29, 0.717) is 18.6 Å². The molecule has 0 bridgehead atoms. The van der Waals surface area contributed by atoms with E-state index in [4.69, 9.17) is 8.71 Å². The molecule has 2 aromatic rings. The van der Waals surface area contributed by atoms with Crippen LogP contribution in [0.3, 0.4) is 0 Å². The van der Waals surface area contributed by atoms with E-state index in [2.05, 4.69) is 21.0 Å². The molecule has 1 aromatic heterocycles. The molecule has 7 nitrogen and oxygen atoms in total. The summed E-state index contributed by atoms with van der Waals surface area (Å²) in [6.45, 7) is 4.36. The van der Waals surface area contributed by atoms with Gasteiger partial charge in [-0.1, -0.05) is 17.3 Å². The van der Waals surface area contributed by atoms with Crippen LogP contribution in [0.1, 0.15) is 25.7 Å². The van der Waals surface area contributed by atoms with Crippen LogP contribution in [-0.4, -0.2) is 63.6 Å². The Kier molecular flexibility index (Phi) is 5.39. The van der Waals surface area contributed by atoms with Gasteiger partial charge < -0.3 is 9.42 Å². The number of aromatic nitrogens is 1. The van der Waals surface area contributed by atoms with Crippen molar-refractivity contribution in [3.63, 3.8) is 0 Å². The number of fused-ring (bicyclic) bond motifs is 2. The smallest absolute Gasteiger partial charge is 0.264 e. The van der Waals surface area contributed by atoms with Crippen LogP contribution in [0.25, 0.3) is 11.0 Å². The summed E-state index contributed by atoms with van der Waals surface area (Å²) in [5, 5.41) is 5.40. The fourth-order valence-corrected chi connectivity index (χ4v) is 4.79. The topological polar surface area (TPSA) is 75.9 Å². The zero-order valence-corrected chi connectivity index (χ0v) is 16.5. The maximum Gasteiger partial charge on any atom is 0.264 e. The number of rotatable bonds is 6.